The molecule has 1 aromatic heterocycles. The van der Waals surface area contributed by atoms with E-state index in [1.54, 1.807) is 0 Å². The summed E-state index contributed by atoms with van der Waals surface area (Å²) in [5, 5.41) is 4.58. The molecule has 0 atom stereocenters. The van der Waals surface area contributed by atoms with Crippen molar-refractivity contribution in [3.63, 3.8) is 0 Å². The van der Waals surface area contributed by atoms with Gasteiger partial charge in [0, 0.05) is 12.2 Å². The predicted molar refractivity (Wildman–Crippen MR) is 69.7 cm³/mol. The van der Waals surface area contributed by atoms with Crippen LogP contribution in [-0.2, 0) is 13.0 Å². The summed E-state index contributed by atoms with van der Waals surface area (Å²) < 4.78 is 2.22. The maximum absolute atomic E-state index is 4.58. The van der Waals surface area contributed by atoms with Crippen LogP contribution in [0.5, 0.6) is 0 Å². The number of hydrogen-bond acceptors (Lipinski definition) is 1. The molecule has 2 nitrogen and oxygen atoms in total. The zero-order valence-corrected chi connectivity index (χ0v) is 11.1. The van der Waals surface area contributed by atoms with Crippen molar-refractivity contribution in [2.24, 2.45) is 0 Å². The Morgan fingerprint density at radius 2 is 1.75 bits per heavy atom. The summed E-state index contributed by atoms with van der Waals surface area (Å²) in [6.45, 7) is 7.70. The van der Waals surface area contributed by atoms with E-state index < -0.39 is 0 Å². The van der Waals surface area contributed by atoms with Crippen molar-refractivity contribution < 1.29 is 0 Å². The minimum Gasteiger partial charge on any atom is -0.269 e. The van der Waals surface area contributed by atoms with Crippen LogP contribution in [0.4, 0.5) is 0 Å². The Morgan fingerprint density at radius 3 is 2.44 bits per heavy atom. The van der Waals surface area contributed by atoms with Gasteiger partial charge in [-0.2, -0.15) is 5.10 Å². The Balaban J connectivity index is 2.46. The quantitative estimate of drug-likeness (QED) is 0.605. The second-order valence-corrected chi connectivity index (χ2v) is 4.66. The Bertz CT molecular complexity index is 261. The summed E-state index contributed by atoms with van der Waals surface area (Å²) in [6.07, 6.45) is 8.98. The average Bonchev–Trinajstić information content (AvgIpc) is 2.60. The van der Waals surface area contributed by atoms with Crippen LogP contribution in [0, 0.1) is 6.92 Å². The summed E-state index contributed by atoms with van der Waals surface area (Å²) in [6, 6.07) is 2.25. The van der Waals surface area contributed by atoms with Crippen LogP contribution in [0.15, 0.2) is 6.07 Å². The van der Waals surface area contributed by atoms with Crippen LogP contribution >= 0.6 is 0 Å². The van der Waals surface area contributed by atoms with Crippen molar-refractivity contribution >= 4 is 0 Å². The SMILES string of the molecule is CCCCCc1cc(C)nn1CCCCC. The summed E-state index contributed by atoms with van der Waals surface area (Å²) in [5.74, 6) is 0. The molecule has 0 unspecified atom stereocenters. The third kappa shape index (κ3) is 4.38. The zero-order chi connectivity index (χ0) is 11.8. The molecule has 1 rings (SSSR count). The maximum atomic E-state index is 4.58. The van der Waals surface area contributed by atoms with Crippen molar-refractivity contribution in [1.82, 2.24) is 9.78 Å². The van der Waals surface area contributed by atoms with E-state index >= 15 is 0 Å². The fourth-order valence-corrected chi connectivity index (χ4v) is 2.06. The molecular weight excluding hydrogens is 196 g/mol. The van der Waals surface area contributed by atoms with Crippen LogP contribution in [-0.4, -0.2) is 9.78 Å². The van der Waals surface area contributed by atoms with E-state index in [1.165, 1.54) is 56.3 Å². The monoisotopic (exact) mass is 222 g/mol. The van der Waals surface area contributed by atoms with Crippen LogP contribution < -0.4 is 0 Å². The summed E-state index contributed by atoms with van der Waals surface area (Å²) >= 11 is 0. The molecule has 16 heavy (non-hydrogen) atoms. The second kappa shape index (κ2) is 7.48. The molecule has 0 aliphatic carbocycles. The summed E-state index contributed by atoms with van der Waals surface area (Å²) in [7, 11) is 0. The number of nitrogens with zero attached hydrogens (tertiary/aromatic N) is 2. The number of hydrogen-bond donors (Lipinski definition) is 0. The van der Waals surface area contributed by atoms with Crippen LogP contribution in [0.1, 0.15) is 63.8 Å². The van der Waals surface area contributed by atoms with Crippen molar-refractivity contribution in [3.8, 4) is 0 Å². The molecule has 0 bridgehead atoms. The van der Waals surface area contributed by atoms with Gasteiger partial charge in [-0.25, -0.2) is 0 Å². The number of unbranched alkanes of at least 4 members (excludes halogenated alkanes) is 4. The van der Waals surface area contributed by atoms with Gasteiger partial charge in [0.05, 0.1) is 5.69 Å². The van der Waals surface area contributed by atoms with Gasteiger partial charge in [0.15, 0.2) is 0 Å². The van der Waals surface area contributed by atoms with Crippen LogP contribution in [0.25, 0.3) is 0 Å². The molecule has 0 fully saturated rings. The highest BCUT2D eigenvalue weighted by atomic mass is 15.3. The molecular formula is C14H26N2. The second-order valence-electron chi connectivity index (χ2n) is 4.66. The first-order valence-corrected chi connectivity index (χ1v) is 6.81. The molecule has 0 spiro atoms. The lowest BCUT2D eigenvalue weighted by molar-refractivity contribution is 0.524. The lowest BCUT2D eigenvalue weighted by atomic mass is 10.1. The van der Waals surface area contributed by atoms with Crippen LogP contribution in [0.3, 0.4) is 0 Å². The highest BCUT2D eigenvalue weighted by Crippen LogP contribution is 2.10. The van der Waals surface area contributed by atoms with Gasteiger partial charge in [-0.3, -0.25) is 4.68 Å². The summed E-state index contributed by atoms with van der Waals surface area (Å²) in [5.41, 5.74) is 2.60. The van der Waals surface area contributed by atoms with Gasteiger partial charge in [0.25, 0.3) is 0 Å². The molecule has 0 aromatic carbocycles. The van der Waals surface area contributed by atoms with E-state index in [4.69, 9.17) is 0 Å². The van der Waals surface area contributed by atoms with E-state index in [9.17, 15) is 0 Å². The summed E-state index contributed by atoms with van der Waals surface area (Å²) in [4.78, 5) is 0. The topological polar surface area (TPSA) is 17.8 Å². The van der Waals surface area contributed by atoms with E-state index in [-0.39, 0.29) is 0 Å². The first-order chi connectivity index (χ1) is 7.77. The molecule has 0 N–H and O–H groups in total. The third-order valence-electron chi connectivity index (χ3n) is 3.00. The zero-order valence-electron chi connectivity index (χ0n) is 11.1. The van der Waals surface area contributed by atoms with E-state index in [1.807, 2.05) is 0 Å². The van der Waals surface area contributed by atoms with Crippen LogP contribution in [0.2, 0.25) is 0 Å². The highest BCUT2D eigenvalue weighted by molar-refractivity contribution is 5.09. The smallest absolute Gasteiger partial charge is 0.0596 e. The lowest BCUT2D eigenvalue weighted by Crippen LogP contribution is -2.05. The normalized spacial score (nSPS) is 10.9. The molecule has 0 radical (unpaired) electrons. The Morgan fingerprint density at radius 1 is 1.06 bits per heavy atom. The van der Waals surface area contributed by atoms with Crippen molar-refractivity contribution in [2.45, 2.75) is 72.3 Å². The van der Waals surface area contributed by atoms with Crippen molar-refractivity contribution in [1.29, 1.82) is 0 Å². The van der Waals surface area contributed by atoms with E-state index in [2.05, 4.69) is 36.6 Å². The molecule has 0 aliphatic rings. The molecule has 2 heteroatoms. The Hall–Kier alpha value is -0.790. The fraction of sp³-hybridized carbons (Fsp3) is 0.786. The molecule has 0 amide bonds. The molecule has 92 valence electrons. The number of rotatable bonds is 8. The predicted octanol–water partition coefficient (Wildman–Crippen LogP) is 4.11. The molecule has 0 aliphatic heterocycles. The minimum atomic E-state index is 1.10. The highest BCUT2D eigenvalue weighted by Gasteiger charge is 2.04. The average molecular weight is 222 g/mol. The van der Waals surface area contributed by atoms with E-state index in [0.29, 0.717) is 0 Å². The molecule has 0 saturated heterocycles. The van der Waals surface area contributed by atoms with Gasteiger partial charge in [-0.1, -0.05) is 39.5 Å². The van der Waals surface area contributed by atoms with Gasteiger partial charge in [0.2, 0.25) is 0 Å². The van der Waals surface area contributed by atoms with E-state index in [0.717, 1.165) is 6.54 Å². The Kier molecular flexibility index (Phi) is 6.20. The van der Waals surface area contributed by atoms with Gasteiger partial charge in [-0.05, 0) is 32.3 Å². The molecule has 0 saturated carbocycles. The van der Waals surface area contributed by atoms with Gasteiger partial charge in [-0.15, -0.1) is 0 Å². The first kappa shape index (κ1) is 13.3. The first-order valence-electron chi connectivity index (χ1n) is 6.81. The standard InChI is InChI=1S/C14H26N2/c1-4-6-8-10-14-12-13(3)15-16(14)11-9-7-5-2/h12H,4-11H2,1-3H3. The number of aryl methyl sites for hydroxylation is 3. The largest absolute Gasteiger partial charge is 0.269 e. The number of aromatic nitrogens is 2. The van der Waals surface area contributed by atoms with Gasteiger partial charge >= 0.3 is 0 Å². The Labute approximate surface area is 100 Å². The maximum Gasteiger partial charge on any atom is 0.0596 e. The molecule has 1 heterocycles. The minimum absolute atomic E-state index is 1.10. The van der Waals surface area contributed by atoms with Crippen molar-refractivity contribution in [2.75, 3.05) is 0 Å². The lowest BCUT2D eigenvalue weighted by Gasteiger charge is -2.06. The van der Waals surface area contributed by atoms with Gasteiger partial charge in [0.1, 0.15) is 0 Å². The fourth-order valence-electron chi connectivity index (χ4n) is 2.06. The molecule has 1 aromatic rings. The third-order valence-corrected chi connectivity index (χ3v) is 3.00. The van der Waals surface area contributed by atoms with Gasteiger partial charge < -0.3 is 0 Å². The van der Waals surface area contributed by atoms with Crippen molar-refractivity contribution in [3.05, 3.63) is 17.5 Å².